The van der Waals surface area contributed by atoms with E-state index in [9.17, 15) is 9.59 Å². The minimum Gasteiger partial charge on any atom is -0.337 e. The molecule has 1 amide bonds. The summed E-state index contributed by atoms with van der Waals surface area (Å²) in [4.78, 5) is 28.3. The van der Waals surface area contributed by atoms with Gasteiger partial charge in [-0.1, -0.05) is 30.3 Å². The fourth-order valence-corrected chi connectivity index (χ4v) is 4.50. The van der Waals surface area contributed by atoms with E-state index in [1.807, 2.05) is 4.90 Å². The highest BCUT2D eigenvalue weighted by Gasteiger charge is 2.42. The van der Waals surface area contributed by atoms with E-state index in [0.717, 1.165) is 45.6 Å². The van der Waals surface area contributed by atoms with Crippen LogP contribution in [0.15, 0.2) is 47.3 Å². The molecule has 2 aliphatic heterocycles. The first-order chi connectivity index (χ1) is 13.1. The minimum absolute atomic E-state index is 0.0791. The van der Waals surface area contributed by atoms with Crippen LogP contribution in [0.5, 0.6) is 0 Å². The second kappa shape index (κ2) is 7.64. The van der Waals surface area contributed by atoms with Gasteiger partial charge in [0.05, 0.1) is 0 Å². The lowest BCUT2D eigenvalue weighted by Gasteiger charge is -2.40. The third-order valence-electron chi connectivity index (χ3n) is 5.92. The van der Waals surface area contributed by atoms with Crippen molar-refractivity contribution in [2.45, 2.75) is 25.7 Å². The summed E-state index contributed by atoms with van der Waals surface area (Å²) in [7, 11) is 0. The lowest BCUT2D eigenvalue weighted by molar-refractivity contribution is 0.0686. The van der Waals surface area contributed by atoms with Gasteiger partial charge in [0.1, 0.15) is 5.69 Å². The maximum atomic E-state index is 12.7. The maximum Gasteiger partial charge on any atom is 0.274 e. The highest BCUT2D eigenvalue weighted by Crippen LogP contribution is 2.39. The zero-order chi connectivity index (χ0) is 18.7. The van der Waals surface area contributed by atoms with Gasteiger partial charge in [0.2, 0.25) is 0 Å². The molecule has 1 aromatic heterocycles. The van der Waals surface area contributed by atoms with Crippen LogP contribution < -0.4 is 5.56 Å². The van der Waals surface area contributed by atoms with Gasteiger partial charge < -0.3 is 9.80 Å². The Bertz CT molecular complexity index is 830. The van der Waals surface area contributed by atoms with Crippen molar-refractivity contribution in [2.24, 2.45) is 5.41 Å². The molecule has 4 rings (SSSR count). The minimum atomic E-state index is -0.286. The number of aromatic nitrogens is 2. The molecule has 6 nitrogen and oxygen atoms in total. The zero-order valence-electron chi connectivity index (χ0n) is 15.6. The Hall–Kier alpha value is -2.47. The molecular formula is C21H26N4O2. The number of carbonyl (C=O) groups is 1. The van der Waals surface area contributed by atoms with Crippen molar-refractivity contribution < 1.29 is 4.79 Å². The van der Waals surface area contributed by atoms with Crippen molar-refractivity contribution in [1.29, 1.82) is 0 Å². The Morgan fingerprint density at radius 1 is 1.07 bits per heavy atom. The monoisotopic (exact) mass is 366 g/mol. The molecule has 1 atom stereocenters. The van der Waals surface area contributed by atoms with Crippen LogP contribution in [-0.2, 0) is 6.42 Å². The van der Waals surface area contributed by atoms with Crippen LogP contribution in [0, 0.1) is 5.41 Å². The summed E-state index contributed by atoms with van der Waals surface area (Å²) in [6, 6.07) is 13.5. The van der Waals surface area contributed by atoms with Gasteiger partial charge in [0.25, 0.3) is 11.5 Å². The quantitative estimate of drug-likeness (QED) is 0.898. The number of hydrogen-bond donors (Lipinski definition) is 1. The van der Waals surface area contributed by atoms with Gasteiger partial charge in [-0.25, -0.2) is 5.10 Å². The molecule has 0 radical (unpaired) electrons. The first kappa shape index (κ1) is 17.9. The Balaban J connectivity index is 1.36. The standard InChI is InChI=1S/C21H26N4O2/c26-19-8-7-18(22-23-19)20(27)25-14-11-21(16-25)10-4-12-24(15-21)13-9-17-5-2-1-3-6-17/h1-3,5-8H,4,9-16H2,(H,23,26). The molecule has 1 aromatic carbocycles. The summed E-state index contributed by atoms with van der Waals surface area (Å²) in [6.07, 6.45) is 4.48. The van der Waals surface area contributed by atoms with Gasteiger partial charge in [-0.15, -0.1) is 0 Å². The second-order valence-corrected chi connectivity index (χ2v) is 7.90. The van der Waals surface area contributed by atoms with Crippen molar-refractivity contribution >= 4 is 5.91 Å². The number of amides is 1. The number of piperidine rings is 1. The molecule has 6 heteroatoms. The van der Waals surface area contributed by atoms with E-state index in [1.54, 1.807) is 0 Å². The van der Waals surface area contributed by atoms with Crippen LogP contribution in [0.25, 0.3) is 0 Å². The number of carbonyl (C=O) groups excluding carboxylic acids is 1. The van der Waals surface area contributed by atoms with Crippen molar-refractivity contribution in [2.75, 3.05) is 32.7 Å². The smallest absolute Gasteiger partial charge is 0.274 e. The van der Waals surface area contributed by atoms with Crippen molar-refractivity contribution in [3.63, 3.8) is 0 Å². The van der Waals surface area contributed by atoms with Crippen LogP contribution in [0.2, 0.25) is 0 Å². The number of nitrogens with one attached hydrogen (secondary N) is 1. The number of aromatic amines is 1. The van der Waals surface area contributed by atoms with Gasteiger partial charge in [0, 0.05) is 37.7 Å². The molecule has 3 heterocycles. The molecule has 2 saturated heterocycles. The van der Waals surface area contributed by atoms with E-state index in [0.29, 0.717) is 5.69 Å². The highest BCUT2D eigenvalue weighted by atomic mass is 16.2. The van der Waals surface area contributed by atoms with Crippen LogP contribution in [0.1, 0.15) is 35.3 Å². The summed E-state index contributed by atoms with van der Waals surface area (Å²) in [6.45, 7) is 4.83. The van der Waals surface area contributed by atoms with E-state index >= 15 is 0 Å². The largest absolute Gasteiger partial charge is 0.337 e. The summed E-state index contributed by atoms with van der Waals surface area (Å²) in [5.41, 5.74) is 1.62. The number of benzene rings is 1. The van der Waals surface area contributed by atoms with Crippen LogP contribution in [0.3, 0.4) is 0 Å². The van der Waals surface area contributed by atoms with E-state index in [2.05, 4.69) is 45.4 Å². The van der Waals surface area contributed by atoms with Crippen LogP contribution in [-0.4, -0.2) is 58.6 Å². The first-order valence-corrected chi connectivity index (χ1v) is 9.75. The third-order valence-corrected chi connectivity index (χ3v) is 5.92. The average Bonchev–Trinajstić information content (AvgIpc) is 3.10. The summed E-state index contributed by atoms with van der Waals surface area (Å²) >= 11 is 0. The van der Waals surface area contributed by atoms with Crippen molar-refractivity contribution in [3.05, 3.63) is 64.1 Å². The van der Waals surface area contributed by atoms with Gasteiger partial charge in [-0.05, 0) is 43.9 Å². The number of nitrogens with zero attached hydrogens (tertiary/aromatic N) is 3. The predicted octanol–water partition coefficient (Wildman–Crippen LogP) is 1.94. The lowest BCUT2D eigenvalue weighted by Crippen LogP contribution is -2.46. The zero-order valence-corrected chi connectivity index (χ0v) is 15.6. The Morgan fingerprint density at radius 3 is 2.70 bits per heavy atom. The van der Waals surface area contributed by atoms with E-state index in [4.69, 9.17) is 0 Å². The molecule has 1 N–H and O–H groups in total. The first-order valence-electron chi connectivity index (χ1n) is 9.75. The number of likely N-dealkylation sites (tertiary alicyclic amines) is 2. The second-order valence-electron chi connectivity index (χ2n) is 7.90. The van der Waals surface area contributed by atoms with Crippen LogP contribution >= 0.6 is 0 Å². The number of H-pyrrole nitrogens is 1. The summed E-state index contributed by atoms with van der Waals surface area (Å²) in [5.74, 6) is -0.0791. The summed E-state index contributed by atoms with van der Waals surface area (Å²) < 4.78 is 0. The van der Waals surface area contributed by atoms with Gasteiger partial charge in [0.15, 0.2) is 0 Å². The molecule has 142 valence electrons. The molecule has 2 fully saturated rings. The van der Waals surface area contributed by atoms with E-state index < -0.39 is 0 Å². The third kappa shape index (κ3) is 4.11. The highest BCUT2D eigenvalue weighted by molar-refractivity contribution is 5.92. The molecule has 2 aliphatic rings. The molecule has 1 unspecified atom stereocenters. The maximum absolute atomic E-state index is 12.7. The fraction of sp³-hybridized carbons (Fsp3) is 0.476. The topological polar surface area (TPSA) is 69.3 Å². The number of hydrogen-bond acceptors (Lipinski definition) is 4. The summed E-state index contributed by atoms with van der Waals surface area (Å²) in [5, 5.41) is 6.25. The molecule has 1 spiro atoms. The van der Waals surface area contributed by atoms with Crippen LogP contribution in [0.4, 0.5) is 0 Å². The van der Waals surface area contributed by atoms with Gasteiger partial charge in [-0.2, -0.15) is 5.10 Å². The molecule has 0 saturated carbocycles. The predicted molar refractivity (Wildman–Crippen MR) is 104 cm³/mol. The molecule has 0 bridgehead atoms. The number of rotatable bonds is 4. The average molecular weight is 366 g/mol. The van der Waals surface area contributed by atoms with Crippen molar-refractivity contribution in [3.8, 4) is 0 Å². The molecular weight excluding hydrogens is 340 g/mol. The fourth-order valence-electron chi connectivity index (χ4n) is 4.50. The molecule has 27 heavy (non-hydrogen) atoms. The van der Waals surface area contributed by atoms with Gasteiger partial charge >= 0.3 is 0 Å². The Morgan fingerprint density at radius 2 is 1.93 bits per heavy atom. The van der Waals surface area contributed by atoms with Crippen molar-refractivity contribution in [1.82, 2.24) is 20.0 Å². The van der Waals surface area contributed by atoms with Gasteiger partial charge in [-0.3, -0.25) is 9.59 Å². The Kier molecular flexibility index (Phi) is 5.07. The molecule has 2 aromatic rings. The van der Waals surface area contributed by atoms with E-state index in [1.165, 1.54) is 30.5 Å². The Labute approximate surface area is 159 Å². The lowest BCUT2D eigenvalue weighted by atomic mass is 9.79. The SMILES string of the molecule is O=C(c1ccc(=O)[nH]n1)N1CCC2(CCCN(CCc3ccccc3)C2)C1. The van der Waals surface area contributed by atoms with E-state index in [-0.39, 0.29) is 16.9 Å². The molecule has 0 aliphatic carbocycles. The normalized spacial score (nSPS) is 23.0.